The second-order valence-corrected chi connectivity index (χ2v) is 9.15. The predicted molar refractivity (Wildman–Crippen MR) is 137 cm³/mol. The van der Waals surface area contributed by atoms with E-state index in [0.717, 1.165) is 5.56 Å². The fraction of sp³-hybridized carbons (Fsp3) is 0.407. The van der Waals surface area contributed by atoms with Crippen molar-refractivity contribution in [2.75, 3.05) is 34.5 Å². The number of nitrogens with zero attached hydrogens (tertiary/aromatic N) is 1. The first-order valence-corrected chi connectivity index (χ1v) is 12.0. The highest BCUT2D eigenvalue weighted by molar-refractivity contribution is 6.46. The molecule has 1 heterocycles. The molecule has 36 heavy (non-hydrogen) atoms. The van der Waals surface area contributed by atoms with Gasteiger partial charge in [-0.15, -0.1) is 0 Å². The first kappa shape index (κ1) is 27.4. The van der Waals surface area contributed by atoms with Crippen molar-refractivity contribution in [2.45, 2.75) is 39.3 Å². The van der Waals surface area contributed by atoms with Gasteiger partial charge in [0.2, 0.25) is 0 Å². The van der Waals surface area contributed by atoms with Crippen LogP contribution in [0.3, 0.4) is 0 Å². The third-order valence-electron chi connectivity index (χ3n) is 5.80. The highest BCUT2D eigenvalue weighted by Crippen LogP contribution is 2.44. The van der Waals surface area contributed by atoms with Crippen LogP contribution in [0.2, 0.25) is 5.02 Å². The summed E-state index contributed by atoms with van der Waals surface area (Å²) in [4.78, 5) is 27.9. The number of ether oxygens (including phenoxy) is 4. The van der Waals surface area contributed by atoms with Gasteiger partial charge in [-0.25, -0.2) is 0 Å². The van der Waals surface area contributed by atoms with Crippen molar-refractivity contribution in [3.05, 3.63) is 57.6 Å². The maximum Gasteiger partial charge on any atom is 0.295 e. The predicted octanol–water partition coefficient (Wildman–Crippen LogP) is 4.91. The number of Topliss-reactive ketones (excluding diaryl/α,β-unsaturated/α-hetero) is 1. The largest absolute Gasteiger partial charge is 0.507 e. The topological polar surface area (TPSA) is 94.5 Å². The molecule has 3 rings (SSSR count). The maximum atomic E-state index is 13.3. The van der Waals surface area contributed by atoms with Gasteiger partial charge in [0, 0.05) is 20.3 Å². The third kappa shape index (κ3) is 5.44. The molecular weight excluding hydrogens is 486 g/mol. The van der Waals surface area contributed by atoms with Gasteiger partial charge >= 0.3 is 0 Å². The average molecular weight is 518 g/mol. The number of amides is 1. The molecule has 0 bridgehead atoms. The molecular formula is C27H32ClNO7. The number of rotatable bonds is 10. The highest BCUT2D eigenvalue weighted by atomic mass is 35.5. The van der Waals surface area contributed by atoms with Gasteiger partial charge in [-0.05, 0) is 62.6 Å². The van der Waals surface area contributed by atoms with Crippen molar-refractivity contribution >= 4 is 29.1 Å². The number of likely N-dealkylation sites (tertiary alicyclic amines) is 1. The molecule has 0 saturated carbocycles. The SMILES string of the molecule is COCCCN1C(=O)C(=O)/C(=C(/O)c2cc(C)cc(Cl)c2OC)C1c1ccc(OC(C)C)c(OC)c1. The van der Waals surface area contributed by atoms with Gasteiger partial charge in [-0.1, -0.05) is 17.7 Å². The first-order valence-electron chi connectivity index (χ1n) is 11.6. The Morgan fingerprint density at radius 1 is 1.08 bits per heavy atom. The number of carbonyl (C=O) groups excluding carboxylic acids is 2. The molecule has 8 nitrogen and oxygen atoms in total. The number of benzene rings is 2. The van der Waals surface area contributed by atoms with E-state index in [9.17, 15) is 14.7 Å². The minimum atomic E-state index is -0.868. The van der Waals surface area contributed by atoms with E-state index in [1.165, 1.54) is 19.1 Å². The van der Waals surface area contributed by atoms with Crippen molar-refractivity contribution in [2.24, 2.45) is 0 Å². The number of carbonyl (C=O) groups is 2. The molecule has 1 unspecified atom stereocenters. The number of methoxy groups -OCH3 is 3. The maximum absolute atomic E-state index is 13.3. The van der Waals surface area contributed by atoms with Crippen LogP contribution in [-0.2, 0) is 14.3 Å². The number of hydrogen-bond acceptors (Lipinski definition) is 7. The molecule has 2 aromatic rings. The van der Waals surface area contributed by atoms with E-state index < -0.39 is 17.7 Å². The summed E-state index contributed by atoms with van der Waals surface area (Å²) in [7, 11) is 4.51. The van der Waals surface area contributed by atoms with Crippen molar-refractivity contribution < 1.29 is 33.6 Å². The minimum absolute atomic E-state index is 0.0584. The summed E-state index contributed by atoms with van der Waals surface area (Å²) >= 11 is 6.35. The number of aliphatic hydroxyl groups is 1. The number of halogens is 1. The van der Waals surface area contributed by atoms with Gasteiger partial charge in [0.25, 0.3) is 11.7 Å². The second-order valence-electron chi connectivity index (χ2n) is 8.74. The molecule has 2 aromatic carbocycles. The Morgan fingerprint density at radius 3 is 2.42 bits per heavy atom. The van der Waals surface area contributed by atoms with Crippen LogP contribution < -0.4 is 14.2 Å². The Hall–Kier alpha value is -3.23. The molecule has 1 N–H and O–H groups in total. The van der Waals surface area contributed by atoms with Gasteiger partial charge in [-0.2, -0.15) is 0 Å². The fourth-order valence-electron chi connectivity index (χ4n) is 4.30. The highest BCUT2D eigenvalue weighted by Gasteiger charge is 2.46. The van der Waals surface area contributed by atoms with Gasteiger partial charge in [0.05, 0.1) is 42.5 Å². The zero-order valence-electron chi connectivity index (χ0n) is 21.4. The lowest BCUT2D eigenvalue weighted by Crippen LogP contribution is -2.31. The third-order valence-corrected chi connectivity index (χ3v) is 6.08. The zero-order chi connectivity index (χ0) is 26.6. The molecule has 0 radical (unpaired) electrons. The zero-order valence-corrected chi connectivity index (χ0v) is 22.1. The summed E-state index contributed by atoms with van der Waals surface area (Å²) in [5.41, 5.74) is 1.51. The molecule has 0 aromatic heterocycles. The molecule has 9 heteroatoms. The van der Waals surface area contributed by atoms with E-state index in [2.05, 4.69) is 0 Å². The lowest BCUT2D eigenvalue weighted by Gasteiger charge is -2.26. The van der Waals surface area contributed by atoms with Crippen LogP contribution >= 0.6 is 11.6 Å². The number of hydrogen-bond donors (Lipinski definition) is 1. The summed E-state index contributed by atoms with van der Waals surface area (Å²) in [6.45, 7) is 6.26. The van der Waals surface area contributed by atoms with Crippen molar-refractivity contribution in [3.8, 4) is 17.2 Å². The van der Waals surface area contributed by atoms with Crippen LogP contribution in [0.25, 0.3) is 5.76 Å². The lowest BCUT2D eigenvalue weighted by atomic mass is 9.94. The van der Waals surface area contributed by atoms with Crippen LogP contribution in [0.5, 0.6) is 17.2 Å². The lowest BCUT2D eigenvalue weighted by molar-refractivity contribution is -0.140. The summed E-state index contributed by atoms with van der Waals surface area (Å²) in [5, 5.41) is 11.7. The molecule has 1 fully saturated rings. The molecule has 1 aliphatic heterocycles. The molecule has 194 valence electrons. The molecule has 1 aliphatic rings. The number of aryl methyl sites for hydroxylation is 1. The second kappa shape index (κ2) is 11.7. The quantitative estimate of drug-likeness (QED) is 0.207. The van der Waals surface area contributed by atoms with Crippen molar-refractivity contribution in [3.63, 3.8) is 0 Å². The Balaban J connectivity index is 2.24. The molecule has 0 spiro atoms. The van der Waals surface area contributed by atoms with Crippen LogP contribution in [0, 0.1) is 6.92 Å². The van der Waals surface area contributed by atoms with Gasteiger partial charge < -0.3 is 29.0 Å². The van der Waals surface area contributed by atoms with Gasteiger partial charge in [0.15, 0.2) is 11.5 Å². The van der Waals surface area contributed by atoms with E-state index in [-0.39, 0.29) is 40.3 Å². The summed E-state index contributed by atoms with van der Waals surface area (Å²) in [6, 6.07) is 7.69. The monoisotopic (exact) mass is 517 g/mol. The van der Waals surface area contributed by atoms with E-state index in [0.29, 0.717) is 30.1 Å². The average Bonchev–Trinajstić information content (AvgIpc) is 3.08. The number of ketones is 1. The van der Waals surface area contributed by atoms with E-state index in [4.69, 9.17) is 30.5 Å². The molecule has 1 atom stereocenters. The van der Waals surface area contributed by atoms with E-state index >= 15 is 0 Å². The minimum Gasteiger partial charge on any atom is -0.507 e. The Morgan fingerprint density at radius 2 is 1.81 bits per heavy atom. The summed E-state index contributed by atoms with van der Waals surface area (Å²) in [6.07, 6.45) is 0.425. The van der Waals surface area contributed by atoms with Crippen LogP contribution in [-0.4, -0.2) is 62.3 Å². The van der Waals surface area contributed by atoms with E-state index in [1.807, 2.05) is 13.8 Å². The van der Waals surface area contributed by atoms with Crippen molar-refractivity contribution in [1.29, 1.82) is 0 Å². The van der Waals surface area contributed by atoms with Crippen LogP contribution in [0.15, 0.2) is 35.9 Å². The molecule has 0 aliphatic carbocycles. The first-order chi connectivity index (χ1) is 17.1. The van der Waals surface area contributed by atoms with Gasteiger partial charge in [0.1, 0.15) is 11.5 Å². The Bertz CT molecular complexity index is 1170. The summed E-state index contributed by atoms with van der Waals surface area (Å²) in [5.74, 6) is -0.689. The fourth-order valence-corrected chi connectivity index (χ4v) is 4.65. The van der Waals surface area contributed by atoms with Crippen LogP contribution in [0.4, 0.5) is 0 Å². The van der Waals surface area contributed by atoms with Crippen LogP contribution in [0.1, 0.15) is 43.0 Å². The normalized spacial score (nSPS) is 17.1. The summed E-state index contributed by atoms with van der Waals surface area (Å²) < 4.78 is 21.9. The van der Waals surface area contributed by atoms with Crippen molar-refractivity contribution in [1.82, 2.24) is 4.90 Å². The Kier molecular flexibility index (Phi) is 8.87. The molecule has 1 saturated heterocycles. The standard InChI is InChI=1S/C27H32ClNO7/c1-15(2)36-20-9-8-17(14-21(20)34-5)23-22(25(31)27(32)29(23)10-7-11-33-4)24(30)18-12-16(3)13-19(28)26(18)35-6/h8-9,12-15,23,30H,7,10-11H2,1-6H3/b24-22+. The van der Waals surface area contributed by atoms with E-state index in [1.54, 1.807) is 44.4 Å². The molecule has 1 amide bonds. The smallest absolute Gasteiger partial charge is 0.295 e. The number of aliphatic hydroxyl groups excluding tert-OH is 1. The van der Waals surface area contributed by atoms with Gasteiger partial charge in [-0.3, -0.25) is 9.59 Å². The Labute approximate surface area is 216 Å².